The molecule has 6 nitrogen and oxygen atoms in total. The second-order valence-electron chi connectivity index (χ2n) is 7.69. The van der Waals surface area contributed by atoms with Gasteiger partial charge < -0.3 is 15.4 Å². The van der Waals surface area contributed by atoms with Gasteiger partial charge in [-0.05, 0) is 44.9 Å². The fraction of sp³-hybridized carbons (Fsp3) is 0.393. The maximum atomic E-state index is 12.0. The molecule has 1 rings (SSSR count). The highest BCUT2D eigenvalue weighted by atomic mass is 16.4. The molecule has 0 radical (unpaired) electrons. The molecule has 184 valence electrons. The van der Waals surface area contributed by atoms with Gasteiger partial charge in [-0.1, -0.05) is 79.8 Å². The summed E-state index contributed by atoms with van der Waals surface area (Å²) in [5, 5.41) is 11.8. The molecule has 1 atom stereocenters. The fourth-order valence-electron chi connectivity index (χ4n) is 2.94. The van der Waals surface area contributed by atoms with Gasteiger partial charge in [0.05, 0.1) is 6.33 Å². The molecule has 0 aliphatic rings. The number of carbonyl (C=O) groups excluding carboxylic acids is 1. The number of amides is 1. The molecule has 0 saturated heterocycles. The summed E-state index contributed by atoms with van der Waals surface area (Å²) in [6.45, 7) is 2.14. The van der Waals surface area contributed by atoms with E-state index in [1.54, 1.807) is 6.20 Å². The van der Waals surface area contributed by atoms with E-state index in [2.05, 4.69) is 83.0 Å². The van der Waals surface area contributed by atoms with Gasteiger partial charge >= 0.3 is 5.97 Å². The Hall–Kier alpha value is -3.41. The van der Waals surface area contributed by atoms with Crippen LogP contribution in [0.1, 0.15) is 64.0 Å². The molecule has 0 aromatic carbocycles. The topological polar surface area (TPSA) is 95.1 Å². The van der Waals surface area contributed by atoms with Crippen molar-refractivity contribution in [3.63, 3.8) is 0 Å². The molecule has 0 spiro atoms. The number of aliphatic carboxylic acids is 1. The summed E-state index contributed by atoms with van der Waals surface area (Å²) in [7, 11) is 0. The maximum Gasteiger partial charge on any atom is 0.326 e. The smallest absolute Gasteiger partial charge is 0.326 e. The fourth-order valence-corrected chi connectivity index (χ4v) is 2.94. The van der Waals surface area contributed by atoms with Crippen molar-refractivity contribution in [1.29, 1.82) is 0 Å². The quantitative estimate of drug-likeness (QED) is 0.232. The maximum absolute atomic E-state index is 12.0. The van der Waals surface area contributed by atoms with E-state index in [9.17, 15) is 14.7 Å². The number of hydrogen-bond acceptors (Lipinski definition) is 3. The largest absolute Gasteiger partial charge is 0.480 e. The summed E-state index contributed by atoms with van der Waals surface area (Å²) >= 11 is 0. The SMILES string of the molecule is CC/C=C\C/C=C\C/C=C\C/C=C\C/C=C\C/C=C\CCC(=O)N[C@@H](Cc1cnc[nH]1)C(=O)O. The van der Waals surface area contributed by atoms with Crippen molar-refractivity contribution in [3.05, 3.63) is 91.1 Å². The lowest BCUT2D eigenvalue weighted by atomic mass is 10.1. The summed E-state index contributed by atoms with van der Waals surface area (Å²) in [4.78, 5) is 30.0. The molecule has 0 fully saturated rings. The Kier molecular flexibility index (Phi) is 17.0. The first-order valence-electron chi connectivity index (χ1n) is 12.0. The van der Waals surface area contributed by atoms with Crippen molar-refractivity contribution in [2.24, 2.45) is 0 Å². The number of carboxylic acid groups (broad SMARTS) is 1. The molecule has 0 saturated carbocycles. The third-order valence-corrected chi connectivity index (χ3v) is 4.75. The van der Waals surface area contributed by atoms with Crippen LogP contribution in [0, 0.1) is 0 Å². The molecule has 0 aliphatic carbocycles. The number of carbonyl (C=O) groups is 2. The zero-order chi connectivity index (χ0) is 24.7. The van der Waals surface area contributed by atoms with Crippen LogP contribution in [0.15, 0.2) is 85.4 Å². The van der Waals surface area contributed by atoms with E-state index in [1.807, 2.05) is 12.2 Å². The summed E-state index contributed by atoms with van der Waals surface area (Å²) < 4.78 is 0. The first-order valence-corrected chi connectivity index (χ1v) is 12.0. The minimum Gasteiger partial charge on any atom is -0.480 e. The first-order chi connectivity index (χ1) is 16.6. The molecule has 6 heteroatoms. The van der Waals surface area contributed by atoms with Crippen molar-refractivity contribution in [2.75, 3.05) is 0 Å². The van der Waals surface area contributed by atoms with E-state index in [0.29, 0.717) is 12.1 Å². The van der Waals surface area contributed by atoms with Crippen molar-refractivity contribution in [3.8, 4) is 0 Å². The predicted molar refractivity (Wildman–Crippen MR) is 139 cm³/mol. The summed E-state index contributed by atoms with van der Waals surface area (Å²) in [5.41, 5.74) is 0.671. The van der Waals surface area contributed by atoms with E-state index in [1.165, 1.54) is 6.33 Å². The molecule has 3 N–H and O–H groups in total. The first kappa shape index (κ1) is 28.6. The molecule has 1 amide bonds. The number of H-pyrrole nitrogens is 1. The van der Waals surface area contributed by atoms with Gasteiger partial charge in [-0.2, -0.15) is 0 Å². The van der Waals surface area contributed by atoms with Gasteiger partial charge in [-0.3, -0.25) is 4.79 Å². The normalized spacial score (nSPS) is 13.4. The molecule has 0 aliphatic heterocycles. The predicted octanol–water partition coefficient (Wildman–Crippen LogP) is 6.00. The second kappa shape index (κ2) is 20.2. The zero-order valence-corrected chi connectivity index (χ0v) is 20.2. The van der Waals surface area contributed by atoms with Gasteiger partial charge in [-0.15, -0.1) is 0 Å². The minimum absolute atomic E-state index is 0.182. The lowest BCUT2D eigenvalue weighted by Gasteiger charge is -2.13. The van der Waals surface area contributed by atoms with Crippen LogP contribution >= 0.6 is 0 Å². The van der Waals surface area contributed by atoms with Crippen LogP contribution in [0.2, 0.25) is 0 Å². The molecule has 0 bridgehead atoms. The molecule has 1 aromatic rings. The van der Waals surface area contributed by atoms with Crippen molar-refractivity contribution >= 4 is 11.9 Å². The lowest BCUT2D eigenvalue weighted by Crippen LogP contribution is -2.42. The van der Waals surface area contributed by atoms with Gasteiger partial charge in [0.2, 0.25) is 5.91 Å². The second-order valence-corrected chi connectivity index (χ2v) is 7.69. The van der Waals surface area contributed by atoms with Gasteiger partial charge in [0, 0.05) is 24.7 Å². The van der Waals surface area contributed by atoms with E-state index >= 15 is 0 Å². The summed E-state index contributed by atoms with van der Waals surface area (Å²) in [6.07, 6.45) is 35.4. The average molecular weight is 466 g/mol. The Labute approximate surface area is 204 Å². The highest BCUT2D eigenvalue weighted by Gasteiger charge is 2.20. The Bertz CT molecular complexity index is 846. The lowest BCUT2D eigenvalue weighted by molar-refractivity contribution is -0.141. The average Bonchev–Trinajstić information content (AvgIpc) is 3.33. The van der Waals surface area contributed by atoms with Crippen LogP contribution in [0.25, 0.3) is 0 Å². The van der Waals surface area contributed by atoms with E-state index in [0.717, 1.165) is 38.5 Å². The summed E-state index contributed by atoms with van der Waals surface area (Å²) in [6, 6.07) is -0.960. The van der Waals surface area contributed by atoms with Crippen LogP contribution in [-0.2, 0) is 16.0 Å². The van der Waals surface area contributed by atoms with Gasteiger partial charge in [0.15, 0.2) is 0 Å². The number of hydrogen-bond donors (Lipinski definition) is 3. The van der Waals surface area contributed by atoms with Crippen molar-refractivity contribution < 1.29 is 14.7 Å². The number of nitrogens with one attached hydrogen (secondary N) is 2. The molecule has 1 heterocycles. The summed E-state index contributed by atoms with van der Waals surface area (Å²) in [5.74, 6) is -1.33. The van der Waals surface area contributed by atoms with Crippen LogP contribution in [0.5, 0.6) is 0 Å². The van der Waals surface area contributed by atoms with Gasteiger partial charge in [0.25, 0.3) is 0 Å². The number of nitrogens with zero attached hydrogens (tertiary/aromatic N) is 1. The third-order valence-electron chi connectivity index (χ3n) is 4.75. The number of allylic oxidation sites excluding steroid dienone is 12. The molecular formula is C28H39N3O3. The monoisotopic (exact) mass is 465 g/mol. The minimum atomic E-state index is -1.06. The number of rotatable bonds is 18. The Morgan fingerprint density at radius 1 is 0.882 bits per heavy atom. The Balaban J connectivity index is 2.07. The standard InChI is InChI=1S/C28H39N3O3/c1-2-3-4-5-6-7-8-9-10-11-12-13-14-15-16-17-18-19-20-21-27(32)31-26(28(33)34)22-25-23-29-24-30-25/h3-4,6-7,9-10,12-13,15-16,18-19,23-24,26H,2,5,8,11,14,17,20-22H2,1H3,(H,29,30)(H,31,32)(H,33,34)/b4-3-,7-6-,10-9-,13-12-,16-15-,19-18-/t26-/m0/s1. The Morgan fingerprint density at radius 2 is 1.38 bits per heavy atom. The van der Waals surface area contributed by atoms with Crippen LogP contribution in [0.4, 0.5) is 0 Å². The third kappa shape index (κ3) is 16.3. The number of aromatic amines is 1. The Morgan fingerprint density at radius 3 is 1.82 bits per heavy atom. The van der Waals surface area contributed by atoms with Gasteiger partial charge in [0.1, 0.15) is 6.04 Å². The molecule has 0 unspecified atom stereocenters. The van der Waals surface area contributed by atoms with Gasteiger partial charge in [-0.25, -0.2) is 9.78 Å². The van der Waals surface area contributed by atoms with Crippen molar-refractivity contribution in [2.45, 2.75) is 70.8 Å². The van der Waals surface area contributed by atoms with Crippen molar-refractivity contribution in [1.82, 2.24) is 15.3 Å². The highest BCUT2D eigenvalue weighted by Crippen LogP contribution is 2.01. The van der Waals surface area contributed by atoms with Crippen LogP contribution < -0.4 is 5.32 Å². The molecule has 1 aromatic heterocycles. The zero-order valence-electron chi connectivity index (χ0n) is 20.2. The van der Waals surface area contributed by atoms with Crippen LogP contribution in [-0.4, -0.2) is 33.0 Å². The number of aromatic nitrogens is 2. The molecule has 34 heavy (non-hydrogen) atoms. The number of imidazole rings is 1. The van der Waals surface area contributed by atoms with Crippen LogP contribution in [0.3, 0.4) is 0 Å². The van der Waals surface area contributed by atoms with E-state index < -0.39 is 12.0 Å². The van der Waals surface area contributed by atoms with E-state index in [4.69, 9.17) is 0 Å². The van der Waals surface area contributed by atoms with E-state index in [-0.39, 0.29) is 18.7 Å². The molecular weight excluding hydrogens is 426 g/mol. The number of carboxylic acids is 1. The highest BCUT2D eigenvalue weighted by molar-refractivity contribution is 5.83.